The van der Waals surface area contributed by atoms with Gasteiger partial charge >= 0.3 is 6.18 Å². The Balaban J connectivity index is 1.40. The van der Waals surface area contributed by atoms with Gasteiger partial charge in [-0.15, -0.1) is 0 Å². The second kappa shape index (κ2) is 14.0. The maximum Gasteiger partial charge on any atom is 0.416 e. The Morgan fingerprint density at radius 2 is 1.25 bits per heavy atom. The highest BCUT2D eigenvalue weighted by Crippen LogP contribution is 2.62. The second-order valence-corrected chi connectivity index (χ2v) is 15.3. The molecule has 0 saturated heterocycles. The van der Waals surface area contributed by atoms with Gasteiger partial charge in [0.2, 0.25) is 0 Å². The lowest BCUT2D eigenvalue weighted by atomic mass is 9.67. The number of ether oxygens (including phenoxy) is 4. The number of alkyl halides is 3. The zero-order valence-corrected chi connectivity index (χ0v) is 32.1. The molecule has 4 nitrogen and oxygen atoms in total. The van der Waals surface area contributed by atoms with Crippen molar-refractivity contribution in [2.24, 2.45) is 0 Å². The predicted octanol–water partition coefficient (Wildman–Crippen LogP) is 13.1. The van der Waals surface area contributed by atoms with Crippen molar-refractivity contribution in [3.63, 3.8) is 0 Å². The molecule has 1 heterocycles. The van der Waals surface area contributed by atoms with Crippen molar-refractivity contribution >= 4 is 16.8 Å². The Morgan fingerprint density at radius 3 is 1.82 bits per heavy atom. The van der Waals surface area contributed by atoms with Crippen LogP contribution >= 0.6 is 0 Å². The number of benzene rings is 6. The summed E-state index contributed by atoms with van der Waals surface area (Å²) >= 11 is 0. The van der Waals surface area contributed by atoms with Crippen LogP contribution in [0, 0.1) is 5.82 Å². The summed E-state index contributed by atoms with van der Waals surface area (Å²) in [6.45, 7) is 0. The fourth-order valence-electron chi connectivity index (χ4n) is 9.62. The van der Waals surface area contributed by atoms with Crippen LogP contribution in [0.3, 0.4) is 0 Å². The molecule has 1 aliphatic heterocycles. The normalized spacial score (nSPS) is 16.5. The molecule has 1 spiro atoms. The average molecular weight is 771 g/mol. The lowest BCUT2D eigenvalue weighted by Gasteiger charge is -2.40. The summed E-state index contributed by atoms with van der Waals surface area (Å²) in [5, 5.41) is 1.59. The van der Waals surface area contributed by atoms with Crippen LogP contribution in [0.4, 0.5) is 17.6 Å². The molecule has 0 radical (unpaired) electrons. The summed E-state index contributed by atoms with van der Waals surface area (Å²) < 4.78 is 82.6. The molecule has 290 valence electrons. The Labute approximate surface area is 329 Å². The Bertz CT molecular complexity index is 2460. The van der Waals surface area contributed by atoms with Crippen molar-refractivity contribution in [3.8, 4) is 45.3 Å². The molecule has 0 bridgehead atoms. The van der Waals surface area contributed by atoms with Gasteiger partial charge in [0.15, 0.2) is 5.60 Å². The topological polar surface area (TPSA) is 36.9 Å². The standard InChI is InChI=1S/C49H42F4O4/c1-54-35-18-11-31(12-19-35)48(32-13-20-36(55-2)21-14-32)26-23-38-45-44(37-22-15-33(49(51,52)53)27-42(37)47(45)24-7-5-4-6-8-25-47)40-29-43(56-3)39(28-41(40)46(38)57-48)30-9-16-34(50)17-10-30/h9-23,26-29H,4-8,24-25H2,1-3H3. The van der Waals surface area contributed by atoms with Gasteiger partial charge in [0.1, 0.15) is 28.8 Å². The maximum atomic E-state index is 14.6. The van der Waals surface area contributed by atoms with Crippen molar-refractivity contribution in [2.75, 3.05) is 21.3 Å². The van der Waals surface area contributed by atoms with Crippen LogP contribution in [-0.4, -0.2) is 21.3 Å². The Kier molecular flexibility index (Phi) is 9.06. The SMILES string of the molecule is COc1ccc(C2(c3ccc(OC)cc3)C=Cc3c4c(c5cc(OC)c(-c6ccc(F)cc6)cc5c3O2)-c2ccc(C(F)(F)F)cc2C42CCCCCCC2)cc1. The van der Waals surface area contributed by atoms with Gasteiger partial charge in [-0.3, -0.25) is 0 Å². The van der Waals surface area contributed by atoms with E-state index in [-0.39, 0.29) is 5.82 Å². The molecule has 0 aromatic heterocycles. The summed E-state index contributed by atoms with van der Waals surface area (Å²) in [6.07, 6.45) is 6.05. The van der Waals surface area contributed by atoms with E-state index >= 15 is 0 Å². The van der Waals surface area contributed by atoms with Gasteiger partial charge in [-0.2, -0.15) is 13.2 Å². The molecular formula is C49H42F4O4. The van der Waals surface area contributed by atoms with Crippen LogP contribution in [0.5, 0.6) is 23.0 Å². The monoisotopic (exact) mass is 770 g/mol. The van der Waals surface area contributed by atoms with E-state index in [1.807, 2.05) is 60.7 Å². The van der Waals surface area contributed by atoms with Gasteiger partial charge in [-0.1, -0.05) is 80.6 Å². The first-order valence-corrected chi connectivity index (χ1v) is 19.5. The average Bonchev–Trinajstić information content (AvgIpc) is 3.51. The van der Waals surface area contributed by atoms with Crippen molar-refractivity contribution in [3.05, 3.63) is 148 Å². The quantitative estimate of drug-likeness (QED) is 0.158. The number of rotatable bonds is 6. The van der Waals surface area contributed by atoms with E-state index in [2.05, 4.69) is 12.2 Å². The number of methoxy groups -OCH3 is 3. The second-order valence-electron chi connectivity index (χ2n) is 15.3. The van der Waals surface area contributed by atoms with Gasteiger partial charge in [-0.25, -0.2) is 4.39 Å². The van der Waals surface area contributed by atoms with Crippen LogP contribution in [-0.2, 0) is 17.2 Å². The van der Waals surface area contributed by atoms with Crippen molar-refractivity contribution in [1.82, 2.24) is 0 Å². The first-order chi connectivity index (χ1) is 27.6. The summed E-state index contributed by atoms with van der Waals surface area (Å²) in [5.74, 6) is 2.22. The molecule has 1 fully saturated rings. The van der Waals surface area contributed by atoms with Crippen LogP contribution in [0.2, 0.25) is 0 Å². The third-order valence-electron chi connectivity index (χ3n) is 12.4. The minimum absolute atomic E-state index is 0.356. The van der Waals surface area contributed by atoms with Crippen molar-refractivity contribution in [2.45, 2.75) is 62.1 Å². The third kappa shape index (κ3) is 5.94. The Morgan fingerprint density at radius 1 is 0.632 bits per heavy atom. The molecule has 3 aliphatic rings. The van der Waals surface area contributed by atoms with E-state index in [4.69, 9.17) is 18.9 Å². The number of hydrogen-bond acceptors (Lipinski definition) is 4. The van der Waals surface area contributed by atoms with Gasteiger partial charge in [0.05, 0.1) is 26.9 Å². The Hall–Kier alpha value is -5.76. The minimum atomic E-state index is -4.50. The largest absolute Gasteiger partial charge is 0.497 e. The molecule has 0 amide bonds. The predicted molar refractivity (Wildman–Crippen MR) is 216 cm³/mol. The highest BCUT2D eigenvalue weighted by molar-refractivity contribution is 6.10. The molecule has 1 saturated carbocycles. The highest BCUT2D eigenvalue weighted by atomic mass is 19.4. The zero-order chi connectivity index (χ0) is 39.5. The fourth-order valence-corrected chi connectivity index (χ4v) is 9.62. The smallest absolute Gasteiger partial charge is 0.416 e. The van der Waals surface area contributed by atoms with Crippen molar-refractivity contribution < 1.29 is 36.5 Å². The number of fused-ring (bicyclic) bond motifs is 10. The van der Waals surface area contributed by atoms with E-state index in [1.54, 1.807) is 39.5 Å². The lowest BCUT2D eigenvalue weighted by Crippen LogP contribution is -2.35. The first kappa shape index (κ1) is 36.9. The molecule has 0 N–H and O–H groups in total. The highest BCUT2D eigenvalue weighted by Gasteiger charge is 2.49. The van der Waals surface area contributed by atoms with E-state index in [1.165, 1.54) is 24.3 Å². The minimum Gasteiger partial charge on any atom is -0.497 e. The number of halogens is 4. The molecule has 6 aromatic carbocycles. The van der Waals surface area contributed by atoms with Crippen molar-refractivity contribution in [1.29, 1.82) is 0 Å². The van der Waals surface area contributed by atoms with Crippen LogP contribution in [0.1, 0.15) is 78.3 Å². The molecule has 57 heavy (non-hydrogen) atoms. The molecule has 0 atom stereocenters. The van der Waals surface area contributed by atoms with Gasteiger partial charge in [0, 0.05) is 33.1 Å². The summed E-state index contributed by atoms with van der Waals surface area (Å²) in [6, 6.07) is 30.2. The van der Waals surface area contributed by atoms with Crippen LogP contribution < -0.4 is 18.9 Å². The molecule has 9 rings (SSSR count). The van der Waals surface area contributed by atoms with Gasteiger partial charge in [0.25, 0.3) is 0 Å². The molecule has 2 aliphatic carbocycles. The van der Waals surface area contributed by atoms with E-state index in [0.717, 1.165) is 92.9 Å². The molecular weight excluding hydrogens is 729 g/mol. The fraction of sp³-hybridized carbons (Fsp3) is 0.265. The van der Waals surface area contributed by atoms with E-state index < -0.39 is 22.8 Å². The van der Waals surface area contributed by atoms with Gasteiger partial charge in [-0.05, 0) is 113 Å². The van der Waals surface area contributed by atoms with E-state index in [9.17, 15) is 17.6 Å². The molecule has 0 unspecified atom stereocenters. The molecule has 6 aromatic rings. The maximum absolute atomic E-state index is 14.6. The first-order valence-electron chi connectivity index (χ1n) is 19.5. The van der Waals surface area contributed by atoms with E-state index in [0.29, 0.717) is 35.8 Å². The summed E-state index contributed by atoms with van der Waals surface area (Å²) in [7, 11) is 4.86. The lowest BCUT2D eigenvalue weighted by molar-refractivity contribution is -0.137. The third-order valence-corrected chi connectivity index (χ3v) is 12.4. The van der Waals surface area contributed by atoms with Gasteiger partial charge < -0.3 is 18.9 Å². The van der Waals surface area contributed by atoms with Crippen LogP contribution in [0.25, 0.3) is 39.1 Å². The summed E-state index contributed by atoms with van der Waals surface area (Å²) in [4.78, 5) is 0. The molecule has 8 heteroatoms. The zero-order valence-electron chi connectivity index (χ0n) is 32.1. The van der Waals surface area contributed by atoms with Crippen LogP contribution in [0.15, 0.2) is 109 Å². The summed E-state index contributed by atoms with van der Waals surface area (Å²) in [5.41, 5.74) is 5.05. The number of hydrogen-bond donors (Lipinski definition) is 0.